The van der Waals surface area contributed by atoms with Crippen molar-refractivity contribution in [1.29, 1.82) is 0 Å². The van der Waals surface area contributed by atoms with E-state index in [1.54, 1.807) is 47.6 Å². The van der Waals surface area contributed by atoms with Crippen LogP contribution in [0.15, 0.2) is 58.4 Å². The highest BCUT2D eigenvalue weighted by molar-refractivity contribution is 6.11. The third kappa shape index (κ3) is 3.90. The molecule has 4 unspecified atom stereocenters. The van der Waals surface area contributed by atoms with Crippen molar-refractivity contribution in [2.45, 2.75) is 44.9 Å². The van der Waals surface area contributed by atoms with Crippen LogP contribution in [-0.4, -0.2) is 35.2 Å². The van der Waals surface area contributed by atoms with Gasteiger partial charge < -0.3 is 24.5 Å². The number of nitrogens with zero attached hydrogens (tertiary/aromatic N) is 1. The van der Waals surface area contributed by atoms with E-state index in [4.69, 9.17) is 19.6 Å². The van der Waals surface area contributed by atoms with Crippen molar-refractivity contribution in [3.63, 3.8) is 0 Å². The molecule has 3 aliphatic rings. The summed E-state index contributed by atoms with van der Waals surface area (Å²) in [7, 11) is 0. The highest BCUT2D eigenvalue weighted by atomic mass is 16.5. The fraction of sp³-hybridized carbons (Fsp3) is 0.400. The fourth-order valence-corrected chi connectivity index (χ4v) is 5.11. The van der Waals surface area contributed by atoms with Gasteiger partial charge in [0.2, 0.25) is 0 Å². The fourth-order valence-electron chi connectivity index (χ4n) is 5.11. The molecule has 1 aliphatic carbocycles. The second-order valence-corrected chi connectivity index (χ2v) is 9.03. The molecule has 0 bridgehead atoms. The van der Waals surface area contributed by atoms with Crippen LogP contribution in [0.25, 0.3) is 0 Å². The number of benzene rings is 1. The molecule has 2 aliphatic heterocycles. The molecule has 1 aromatic carbocycles. The van der Waals surface area contributed by atoms with Crippen LogP contribution in [0.2, 0.25) is 0 Å². The number of rotatable bonds is 6. The smallest absolute Gasteiger partial charge is 0.290 e. The molecule has 0 saturated heterocycles. The molecule has 1 aromatic heterocycles. The summed E-state index contributed by atoms with van der Waals surface area (Å²) in [6.45, 7) is 2.14. The Morgan fingerprint density at radius 1 is 1.18 bits per heavy atom. The molecule has 4 atom stereocenters. The van der Waals surface area contributed by atoms with E-state index in [9.17, 15) is 14.4 Å². The van der Waals surface area contributed by atoms with E-state index in [0.717, 1.165) is 24.8 Å². The standard InChI is InChI=1S/C25H26N2O6/c1-14-4-9-19-18(11-14)23(29)21-22(15-5-7-16(8-6-15)32-13-20(26)28)27(25(30)24(21)33-19)12-17-3-2-10-31-17/h2-3,5-8,10,14,18-19,22H,4,9,11-13H2,1H3,(H2,26,28). The monoisotopic (exact) mass is 450 g/mol. The molecule has 33 heavy (non-hydrogen) atoms. The average Bonchev–Trinajstić information content (AvgIpc) is 3.41. The minimum absolute atomic E-state index is 0.00199. The Morgan fingerprint density at radius 3 is 2.67 bits per heavy atom. The van der Waals surface area contributed by atoms with E-state index in [-0.39, 0.29) is 42.6 Å². The SMILES string of the molecule is CC1CCC2OC3=C(C(=O)C2C1)C(c1ccc(OCC(N)=O)cc1)N(Cc1ccco1)C3=O. The highest BCUT2D eigenvalue weighted by Crippen LogP contribution is 2.48. The van der Waals surface area contributed by atoms with Gasteiger partial charge in [-0.3, -0.25) is 14.4 Å². The summed E-state index contributed by atoms with van der Waals surface area (Å²) in [5.41, 5.74) is 6.32. The van der Waals surface area contributed by atoms with Crippen molar-refractivity contribution in [3.05, 3.63) is 65.3 Å². The number of primary amides is 1. The first-order valence-corrected chi connectivity index (χ1v) is 11.2. The van der Waals surface area contributed by atoms with Crippen molar-refractivity contribution in [2.24, 2.45) is 17.6 Å². The Kier molecular flexibility index (Phi) is 5.44. The first-order valence-electron chi connectivity index (χ1n) is 11.2. The number of furan rings is 1. The second-order valence-electron chi connectivity index (χ2n) is 9.03. The van der Waals surface area contributed by atoms with Crippen LogP contribution in [0.4, 0.5) is 0 Å². The zero-order chi connectivity index (χ0) is 23.1. The Balaban J connectivity index is 1.51. The maximum atomic E-state index is 13.7. The number of nitrogens with two attached hydrogens (primary N) is 1. The number of carbonyl (C=O) groups excluding carboxylic acids is 3. The van der Waals surface area contributed by atoms with Gasteiger partial charge in [0.15, 0.2) is 18.1 Å². The molecule has 5 rings (SSSR count). The van der Waals surface area contributed by atoms with Crippen molar-refractivity contribution < 1.29 is 28.3 Å². The van der Waals surface area contributed by atoms with E-state index >= 15 is 0 Å². The Bertz CT molecular complexity index is 1100. The summed E-state index contributed by atoms with van der Waals surface area (Å²) in [4.78, 5) is 39.8. The lowest BCUT2D eigenvalue weighted by atomic mass is 9.74. The summed E-state index contributed by atoms with van der Waals surface area (Å²) in [6.07, 6.45) is 3.83. The summed E-state index contributed by atoms with van der Waals surface area (Å²) < 4.78 is 17.0. The molecular formula is C25H26N2O6. The number of ketones is 1. The normalized spacial score (nSPS) is 26.6. The molecule has 0 radical (unpaired) electrons. The topological polar surface area (TPSA) is 112 Å². The van der Waals surface area contributed by atoms with Gasteiger partial charge in [0, 0.05) is 0 Å². The minimum atomic E-state index is -0.589. The molecular weight excluding hydrogens is 424 g/mol. The van der Waals surface area contributed by atoms with Gasteiger partial charge in [-0.25, -0.2) is 0 Å². The van der Waals surface area contributed by atoms with Crippen molar-refractivity contribution in [2.75, 3.05) is 6.61 Å². The Hall–Kier alpha value is -3.55. The zero-order valence-electron chi connectivity index (χ0n) is 18.4. The van der Waals surface area contributed by atoms with Crippen LogP contribution >= 0.6 is 0 Å². The number of Topliss-reactive ketones (excluding diaryl/α,β-unsaturated/α-hetero) is 1. The van der Waals surface area contributed by atoms with Crippen LogP contribution in [0.3, 0.4) is 0 Å². The van der Waals surface area contributed by atoms with Crippen molar-refractivity contribution in [1.82, 2.24) is 4.90 Å². The minimum Gasteiger partial charge on any atom is -0.484 e. The van der Waals surface area contributed by atoms with Crippen molar-refractivity contribution >= 4 is 17.6 Å². The quantitative estimate of drug-likeness (QED) is 0.724. The maximum Gasteiger partial charge on any atom is 0.290 e. The number of hydrogen-bond acceptors (Lipinski definition) is 6. The number of hydrogen-bond donors (Lipinski definition) is 1. The lowest BCUT2D eigenvalue weighted by molar-refractivity contribution is -0.136. The molecule has 2 aromatic rings. The molecule has 8 nitrogen and oxygen atoms in total. The number of carbonyl (C=O) groups is 3. The van der Waals surface area contributed by atoms with E-state index in [1.807, 2.05) is 0 Å². The molecule has 1 saturated carbocycles. The molecule has 1 fully saturated rings. The third-order valence-corrected chi connectivity index (χ3v) is 6.69. The molecule has 0 spiro atoms. The van der Waals surface area contributed by atoms with Gasteiger partial charge in [-0.15, -0.1) is 0 Å². The number of fused-ring (bicyclic) bond motifs is 1. The van der Waals surface area contributed by atoms with E-state index in [2.05, 4.69) is 6.92 Å². The molecule has 3 heterocycles. The van der Waals surface area contributed by atoms with Gasteiger partial charge in [-0.05, 0) is 55.0 Å². The molecule has 2 N–H and O–H groups in total. The maximum absolute atomic E-state index is 13.7. The average molecular weight is 450 g/mol. The number of ether oxygens (including phenoxy) is 2. The van der Waals surface area contributed by atoms with E-state index in [1.165, 1.54) is 0 Å². The third-order valence-electron chi connectivity index (χ3n) is 6.69. The van der Waals surface area contributed by atoms with Crippen LogP contribution < -0.4 is 10.5 Å². The zero-order valence-corrected chi connectivity index (χ0v) is 18.4. The van der Waals surface area contributed by atoms with E-state index in [0.29, 0.717) is 23.0 Å². The van der Waals surface area contributed by atoms with Crippen LogP contribution in [0, 0.1) is 11.8 Å². The predicted molar refractivity (Wildman–Crippen MR) is 117 cm³/mol. The lowest BCUT2D eigenvalue weighted by Gasteiger charge is -2.37. The van der Waals surface area contributed by atoms with Gasteiger partial charge in [0.25, 0.3) is 11.8 Å². The van der Waals surface area contributed by atoms with Crippen LogP contribution in [-0.2, 0) is 25.7 Å². The van der Waals surface area contributed by atoms with Crippen LogP contribution in [0.5, 0.6) is 5.75 Å². The lowest BCUT2D eigenvalue weighted by Crippen LogP contribution is -2.41. The summed E-state index contributed by atoms with van der Waals surface area (Å²) in [5, 5.41) is 0. The molecule has 2 amide bonds. The summed E-state index contributed by atoms with van der Waals surface area (Å²) in [6, 6.07) is 9.96. The number of amides is 2. The van der Waals surface area contributed by atoms with Gasteiger partial charge in [0.05, 0.1) is 30.3 Å². The van der Waals surface area contributed by atoms with Gasteiger partial charge in [-0.1, -0.05) is 19.1 Å². The molecule has 8 heteroatoms. The van der Waals surface area contributed by atoms with Gasteiger partial charge >= 0.3 is 0 Å². The first-order chi connectivity index (χ1) is 15.9. The predicted octanol–water partition coefficient (Wildman–Crippen LogP) is 2.89. The second kappa shape index (κ2) is 8.42. The molecule has 172 valence electrons. The largest absolute Gasteiger partial charge is 0.484 e. The van der Waals surface area contributed by atoms with Crippen LogP contribution in [0.1, 0.15) is 43.6 Å². The van der Waals surface area contributed by atoms with Gasteiger partial charge in [0.1, 0.15) is 17.6 Å². The first kappa shape index (κ1) is 21.3. The van der Waals surface area contributed by atoms with Gasteiger partial charge in [-0.2, -0.15) is 0 Å². The summed E-state index contributed by atoms with van der Waals surface area (Å²) in [5.74, 6) is 0.603. The summed E-state index contributed by atoms with van der Waals surface area (Å²) >= 11 is 0. The highest BCUT2D eigenvalue weighted by Gasteiger charge is 2.52. The Morgan fingerprint density at radius 2 is 1.97 bits per heavy atom. The van der Waals surface area contributed by atoms with E-state index < -0.39 is 11.9 Å². The van der Waals surface area contributed by atoms with Crippen molar-refractivity contribution in [3.8, 4) is 5.75 Å². The Labute approximate surface area is 191 Å².